The summed E-state index contributed by atoms with van der Waals surface area (Å²) in [5.41, 5.74) is 8.61. The van der Waals surface area contributed by atoms with Crippen LogP contribution in [0.15, 0.2) is 60.7 Å². The maximum atomic E-state index is 10.1. The molecule has 2 atom stereocenters. The lowest BCUT2D eigenvalue weighted by molar-refractivity contribution is 0.146. The number of aryl methyl sites for hydroxylation is 1. The van der Waals surface area contributed by atoms with Crippen molar-refractivity contribution in [3.05, 3.63) is 71.8 Å². The van der Waals surface area contributed by atoms with Crippen LogP contribution in [-0.4, -0.2) is 17.3 Å². The highest BCUT2D eigenvalue weighted by molar-refractivity contribution is 5.16. The summed E-state index contributed by atoms with van der Waals surface area (Å²) in [4.78, 5) is 0. The minimum Gasteiger partial charge on any atom is -0.393 e. The maximum Gasteiger partial charge on any atom is 0.0558 e. The molecular formula is C18H23NO. The molecular weight excluding hydrogens is 246 g/mol. The van der Waals surface area contributed by atoms with Gasteiger partial charge in [-0.25, -0.2) is 0 Å². The fourth-order valence-electron chi connectivity index (χ4n) is 2.45. The second-order valence-electron chi connectivity index (χ2n) is 5.36. The van der Waals surface area contributed by atoms with Crippen LogP contribution in [0, 0.1) is 0 Å². The molecule has 2 heteroatoms. The zero-order valence-corrected chi connectivity index (χ0v) is 11.8. The van der Waals surface area contributed by atoms with Crippen LogP contribution in [0.4, 0.5) is 0 Å². The Morgan fingerprint density at radius 2 is 1.40 bits per heavy atom. The first kappa shape index (κ1) is 14.8. The summed E-state index contributed by atoms with van der Waals surface area (Å²) >= 11 is 0. The van der Waals surface area contributed by atoms with Gasteiger partial charge in [0.2, 0.25) is 0 Å². The molecule has 0 aliphatic carbocycles. The van der Waals surface area contributed by atoms with Crippen molar-refractivity contribution < 1.29 is 5.11 Å². The molecule has 0 heterocycles. The second-order valence-corrected chi connectivity index (χ2v) is 5.36. The summed E-state index contributed by atoms with van der Waals surface area (Å²) in [6, 6.07) is 20.5. The predicted octanol–water partition coefficient (Wildman–Crippen LogP) is 2.94. The molecule has 2 nitrogen and oxygen atoms in total. The Bertz CT molecular complexity index is 483. The second kappa shape index (κ2) is 7.83. The van der Waals surface area contributed by atoms with Gasteiger partial charge in [0.05, 0.1) is 6.10 Å². The van der Waals surface area contributed by atoms with E-state index in [1.807, 2.05) is 36.4 Å². The van der Waals surface area contributed by atoms with Crippen LogP contribution in [-0.2, 0) is 12.8 Å². The van der Waals surface area contributed by atoms with E-state index in [1.165, 1.54) is 11.1 Å². The molecule has 0 bridgehead atoms. The lowest BCUT2D eigenvalue weighted by Crippen LogP contribution is -2.28. The molecule has 0 aliphatic heterocycles. The first-order valence-electron chi connectivity index (χ1n) is 7.25. The number of aliphatic hydroxyl groups excluding tert-OH is 1. The molecule has 106 valence electrons. The highest BCUT2D eigenvalue weighted by Crippen LogP contribution is 2.11. The van der Waals surface area contributed by atoms with E-state index >= 15 is 0 Å². The normalized spacial score (nSPS) is 13.9. The van der Waals surface area contributed by atoms with Gasteiger partial charge in [0.25, 0.3) is 0 Å². The van der Waals surface area contributed by atoms with E-state index in [1.54, 1.807) is 0 Å². The highest BCUT2D eigenvalue weighted by Gasteiger charge is 2.11. The van der Waals surface area contributed by atoms with Crippen LogP contribution in [0.2, 0.25) is 0 Å². The summed E-state index contributed by atoms with van der Waals surface area (Å²) in [6.45, 7) is 0. The first-order valence-corrected chi connectivity index (χ1v) is 7.25. The Labute approximate surface area is 121 Å². The van der Waals surface area contributed by atoms with Crippen molar-refractivity contribution in [2.45, 2.75) is 37.8 Å². The Hall–Kier alpha value is -1.64. The molecule has 2 aromatic carbocycles. The number of benzene rings is 2. The fraction of sp³-hybridized carbons (Fsp3) is 0.333. The molecule has 0 saturated carbocycles. The lowest BCUT2D eigenvalue weighted by Gasteiger charge is -2.16. The van der Waals surface area contributed by atoms with Crippen molar-refractivity contribution in [3.8, 4) is 0 Å². The molecule has 0 spiro atoms. The van der Waals surface area contributed by atoms with Crippen LogP contribution in [0.5, 0.6) is 0 Å². The molecule has 0 fully saturated rings. The SMILES string of the molecule is NC(Cc1ccccc1)CC(O)CCc1ccccc1. The number of hydrogen-bond donors (Lipinski definition) is 2. The van der Waals surface area contributed by atoms with Gasteiger partial charge in [-0.3, -0.25) is 0 Å². The summed E-state index contributed by atoms with van der Waals surface area (Å²) in [6.07, 6.45) is 2.83. The molecule has 2 rings (SSSR count). The zero-order chi connectivity index (χ0) is 14.2. The summed E-state index contributed by atoms with van der Waals surface area (Å²) in [7, 11) is 0. The molecule has 3 N–H and O–H groups in total. The van der Waals surface area contributed by atoms with E-state index < -0.39 is 0 Å². The third-order valence-corrected chi connectivity index (χ3v) is 3.52. The first-order chi connectivity index (χ1) is 9.74. The molecule has 20 heavy (non-hydrogen) atoms. The Balaban J connectivity index is 1.72. The van der Waals surface area contributed by atoms with Crippen molar-refractivity contribution >= 4 is 0 Å². The Morgan fingerprint density at radius 1 is 0.850 bits per heavy atom. The van der Waals surface area contributed by atoms with Gasteiger partial charge in [0.15, 0.2) is 0 Å². The van der Waals surface area contributed by atoms with Gasteiger partial charge >= 0.3 is 0 Å². The summed E-state index contributed by atoms with van der Waals surface area (Å²) in [5.74, 6) is 0. The largest absolute Gasteiger partial charge is 0.393 e. The zero-order valence-electron chi connectivity index (χ0n) is 11.8. The van der Waals surface area contributed by atoms with Gasteiger partial charge < -0.3 is 10.8 Å². The van der Waals surface area contributed by atoms with Gasteiger partial charge in [-0.1, -0.05) is 60.7 Å². The van der Waals surface area contributed by atoms with Crippen LogP contribution in [0.3, 0.4) is 0 Å². The standard InChI is InChI=1S/C18H23NO/c19-17(13-16-9-5-2-6-10-16)14-18(20)12-11-15-7-3-1-4-8-15/h1-10,17-18,20H,11-14,19H2. The Kier molecular flexibility index (Phi) is 5.78. The monoisotopic (exact) mass is 269 g/mol. The van der Waals surface area contributed by atoms with Crippen molar-refractivity contribution in [3.63, 3.8) is 0 Å². The lowest BCUT2D eigenvalue weighted by atomic mass is 9.98. The van der Waals surface area contributed by atoms with Crippen LogP contribution >= 0.6 is 0 Å². The molecule has 2 aromatic rings. The third-order valence-electron chi connectivity index (χ3n) is 3.52. The highest BCUT2D eigenvalue weighted by atomic mass is 16.3. The van der Waals surface area contributed by atoms with Gasteiger partial charge in [0, 0.05) is 6.04 Å². The summed E-state index contributed by atoms with van der Waals surface area (Å²) in [5, 5.41) is 10.1. The molecule has 0 radical (unpaired) electrons. The molecule has 0 amide bonds. The minimum atomic E-state index is -0.325. The van der Waals surface area contributed by atoms with Crippen molar-refractivity contribution in [1.82, 2.24) is 0 Å². The Morgan fingerprint density at radius 3 is 2.00 bits per heavy atom. The van der Waals surface area contributed by atoms with Crippen molar-refractivity contribution in [2.75, 3.05) is 0 Å². The van der Waals surface area contributed by atoms with E-state index in [9.17, 15) is 5.11 Å². The van der Waals surface area contributed by atoms with Crippen LogP contribution in [0.25, 0.3) is 0 Å². The van der Waals surface area contributed by atoms with E-state index in [-0.39, 0.29) is 12.1 Å². The van der Waals surface area contributed by atoms with Crippen molar-refractivity contribution in [2.24, 2.45) is 5.73 Å². The molecule has 2 unspecified atom stereocenters. The smallest absolute Gasteiger partial charge is 0.0558 e. The van der Waals surface area contributed by atoms with Gasteiger partial charge in [-0.15, -0.1) is 0 Å². The quantitative estimate of drug-likeness (QED) is 0.812. The van der Waals surface area contributed by atoms with E-state index in [0.29, 0.717) is 6.42 Å². The van der Waals surface area contributed by atoms with Crippen molar-refractivity contribution in [1.29, 1.82) is 0 Å². The molecule has 0 saturated heterocycles. The van der Waals surface area contributed by atoms with Gasteiger partial charge in [0.1, 0.15) is 0 Å². The van der Waals surface area contributed by atoms with E-state index in [4.69, 9.17) is 5.73 Å². The van der Waals surface area contributed by atoms with Gasteiger partial charge in [-0.2, -0.15) is 0 Å². The van der Waals surface area contributed by atoms with Crippen LogP contribution in [0.1, 0.15) is 24.0 Å². The topological polar surface area (TPSA) is 46.2 Å². The number of aliphatic hydroxyl groups is 1. The average Bonchev–Trinajstić information content (AvgIpc) is 2.47. The number of nitrogens with two attached hydrogens (primary N) is 1. The van der Waals surface area contributed by atoms with Gasteiger partial charge in [-0.05, 0) is 36.8 Å². The third kappa shape index (κ3) is 5.16. The fourth-order valence-corrected chi connectivity index (χ4v) is 2.45. The van der Waals surface area contributed by atoms with Crippen LogP contribution < -0.4 is 5.73 Å². The van der Waals surface area contributed by atoms with E-state index in [0.717, 1.165) is 19.3 Å². The maximum absolute atomic E-state index is 10.1. The number of rotatable bonds is 7. The molecule has 0 aliphatic rings. The van der Waals surface area contributed by atoms with E-state index in [2.05, 4.69) is 24.3 Å². The number of hydrogen-bond acceptors (Lipinski definition) is 2. The molecule has 0 aromatic heterocycles. The minimum absolute atomic E-state index is 0.0168. The summed E-state index contributed by atoms with van der Waals surface area (Å²) < 4.78 is 0. The predicted molar refractivity (Wildman–Crippen MR) is 83.5 cm³/mol. The average molecular weight is 269 g/mol.